The van der Waals surface area contributed by atoms with Gasteiger partial charge in [-0.05, 0) is 12.2 Å². The van der Waals surface area contributed by atoms with E-state index in [1.807, 2.05) is 0 Å². The Hall–Kier alpha value is -3.41. The Balaban J connectivity index is 2.21. The Labute approximate surface area is 169 Å². The zero-order chi connectivity index (χ0) is 21.5. The minimum absolute atomic E-state index is 0.0674. The predicted molar refractivity (Wildman–Crippen MR) is 101 cm³/mol. The smallest absolute Gasteiger partial charge is 0.324 e. The summed E-state index contributed by atoms with van der Waals surface area (Å²) in [6, 6.07) is 5.39. The van der Waals surface area contributed by atoms with E-state index in [-0.39, 0.29) is 16.5 Å². The average Bonchev–Trinajstić information content (AvgIpc) is 2.57. The lowest BCUT2D eigenvalue weighted by atomic mass is 9.74. The summed E-state index contributed by atoms with van der Waals surface area (Å²) in [7, 11) is 0. The molecule has 0 bridgehead atoms. The summed E-state index contributed by atoms with van der Waals surface area (Å²) in [6.45, 7) is 2.72. The van der Waals surface area contributed by atoms with Crippen LogP contribution in [-0.2, 0) is 23.9 Å². The Kier molecular flexibility index (Phi) is 5.05. The molecule has 2 atom stereocenters. The molecule has 11 nitrogen and oxygen atoms in total. The molecule has 29 heavy (non-hydrogen) atoms. The Morgan fingerprint density at radius 3 is 2.34 bits per heavy atom. The highest BCUT2D eigenvalue weighted by atomic mass is 32.1. The van der Waals surface area contributed by atoms with Gasteiger partial charge in [0.15, 0.2) is 5.92 Å². The van der Waals surface area contributed by atoms with Gasteiger partial charge in [0, 0.05) is 31.4 Å². The summed E-state index contributed by atoms with van der Waals surface area (Å²) in [5, 5.41) is 13.7. The molecule has 0 aromatic heterocycles. The molecule has 0 spiro atoms. The van der Waals surface area contributed by atoms with Crippen molar-refractivity contribution in [3.63, 3.8) is 0 Å². The summed E-state index contributed by atoms with van der Waals surface area (Å²) in [5.41, 5.74) is 5.43. The van der Waals surface area contributed by atoms with Crippen molar-refractivity contribution in [1.29, 1.82) is 0 Å². The van der Waals surface area contributed by atoms with Crippen LogP contribution in [-0.4, -0.2) is 39.5 Å². The molecule has 1 amide bonds. The number of esters is 2. The van der Waals surface area contributed by atoms with Crippen LogP contribution in [0.15, 0.2) is 29.3 Å². The van der Waals surface area contributed by atoms with Crippen molar-refractivity contribution < 1.29 is 28.8 Å². The molecule has 1 saturated heterocycles. The first-order valence-electron chi connectivity index (χ1n) is 8.40. The first kappa shape index (κ1) is 20.3. The standard InChI is InChI=1S/C17H16N4O7S/c1-17(2)27-14(23)11(15(24)28-17)9(7-5-3-4-6-8(7)21(25)26)10-12(18)19-16(29)20-13(10)22/h3-6,9-11H,1-2H3,(H3,18,19,20,22,29). The van der Waals surface area contributed by atoms with Crippen molar-refractivity contribution in [2.75, 3.05) is 0 Å². The molecule has 3 N–H and O–H groups in total. The molecule has 12 heteroatoms. The Morgan fingerprint density at radius 2 is 1.79 bits per heavy atom. The van der Waals surface area contributed by atoms with Crippen molar-refractivity contribution in [1.82, 2.24) is 5.32 Å². The molecular weight excluding hydrogens is 404 g/mol. The van der Waals surface area contributed by atoms with Crippen LogP contribution in [0.1, 0.15) is 25.3 Å². The van der Waals surface area contributed by atoms with Gasteiger partial charge in [-0.2, -0.15) is 0 Å². The van der Waals surface area contributed by atoms with Gasteiger partial charge in [0.05, 0.1) is 4.92 Å². The number of carbonyl (C=O) groups is 3. The number of amides is 1. The van der Waals surface area contributed by atoms with Crippen LogP contribution in [0.25, 0.3) is 0 Å². The molecule has 0 aliphatic carbocycles. The number of cyclic esters (lactones) is 2. The number of amidine groups is 1. The second kappa shape index (κ2) is 7.20. The highest BCUT2D eigenvalue weighted by molar-refractivity contribution is 7.80. The van der Waals surface area contributed by atoms with Crippen LogP contribution in [0, 0.1) is 22.0 Å². The number of nitro benzene ring substituents is 1. The van der Waals surface area contributed by atoms with E-state index < -0.39 is 52.0 Å². The van der Waals surface area contributed by atoms with Crippen molar-refractivity contribution in [2.45, 2.75) is 25.6 Å². The zero-order valence-corrected chi connectivity index (χ0v) is 16.1. The van der Waals surface area contributed by atoms with Crippen molar-refractivity contribution in [2.24, 2.45) is 22.6 Å². The van der Waals surface area contributed by atoms with Gasteiger partial charge in [0.1, 0.15) is 11.8 Å². The number of para-hydroxylation sites is 1. The van der Waals surface area contributed by atoms with E-state index in [0.29, 0.717) is 0 Å². The predicted octanol–water partition coefficient (Wildman–Crippen LogP) is 0.519. The molecule has 2 aliphatic heterocycles. The van der Waals surface area contributed by atoms with E-state index >= 15 is 0 Å². The second-order valence-corrected chi connectivity index (χ2v) is 7.26. The van der Waals surface area contributed by atoms with Gasteiger partial charge in [-0.25, -0.2) is 4.99 Å². The summed E-state index contributed by atoms with van der Waals surface area (Å²) in [6.07, 6.45) is 0. The lowest BCUT2D eigenvalue weighted by Gasteiger charge is -2.38. The molecule has 2 aliphatic rings. The summed E-state index contributed by atoms with van der Waals surface area (Å²) in [4.78, 5) is 52.8. The summed E-state index contributed by atoms with van der Waals surface area (Å²) < 4.78 is 10.3. The average molecular weight is 420 g/mol. The van der Waals surface area contributed by atoms with Crippen molar-refractivity contribution >= 4 is 46.7 Å². The molecule has 2 heterocycles. The van der Waals surface area contributed by atoms with Crippen LogP contribution in [0.3, 0.4) is 0 Å². The quantitative estimate of drug-likeness (QED) is 0.232. The number of rotatable bonds is 4. The fraction of sp³-hybridized carbons (Fsp3) is 0.353. The highest BCUT2D eigenvalue weighted by Gasteiger charge is 2.54. The topological polar surface area (TPSA) is 163 Å². The second-order valence-electron chi connectivity index (χ2n) is 6.87. The number of hydrogen-bond acceptors (Lipinski definition) is 9. The third kappa shape index (κ3) is 3.78. The SMILES string of the molecule is CC1(C)OC(=O)C(C(c2ccccc2[N+](=O)[O-])C2C(=O)NC(=S)N=C2N)C(=O)O1. The maximum absolute atomic E-state index is 12.7. The molecule has 152 valence electrons. The van der Waals surface area contributed by atoms with Crippen LogP contribution in [0.4, 0.5) is 5.69 Å². The number of thiocarbonyl (C=S) groups is 1. The minimum atomic E-state index is -1.68. The van der Waals surface area contributed by atoms with Crippen LogP contribution in [0.2, 0.25) is 0 Å². The molecule has 2 unspecified atom stereocenters. The van der Waals surface area contributed by atoms with E-state index in [1.54, 1.807) is 0 Å². The van der Waals surface area contributed by atoms with Gasteiger partial charge in [-0.1, -0.05) is 18.2 Å². The van der Waals surface area contributed by atoms with Gasteiger partial charge < -0.3 is 20.5 Å². The molecule has 0 radical (unpaired) electrons. The number of hydrogen-bond donors (Lipinski definition) is 2. The number of carbonyl (C=O) groups excluding carboxylic acids is 3. The lowest BCUT2D eigenvalue weighted by molar-refractivity contribution is -0.385. The largest absolute Gasteiger partial charge is 0.422 e. The first-order valence-corrected chi connectivity index (χ1v) is 8.80. The number of benzene rings is 1. The number of aliphatic imine (C=N–C) groups is 1. The van der Waals surface area contributed by atoms with Gasteiger partial charge >= 0.3 is 11.9 Å². The fourth-order valence-corrected chi connectivity index (χ4v) is 3.59. The van der Waals surface area contributed by atoms with E-state index in [4.69, 9.17) is 27.4 Å². The van der Waals surface area contributed by atoms with Crippen LogP contribution >= 0.6 is 12.2 Å². The molecular formula is C17H16N4O7S. The third-order valence-corrected chi connectivity index (χ3v) is 4.67. The Bertz CT molecular complexity index is 954. The zero-order valence-electron chi connectivity index (χ0n) is 15.3. The van der Waals surface area contributed by atoms with Crippen molar-refractivity contribution in [3.05, 3.63) is 39.9 Å². The molecule has 1 aromatic rings. The van der Waals surface area contributed by atoms with E-state index in [9.17, 15) is 24.5 Å². The normalized spacial score (nSPS) is 22.8. The van der Waals surface area contributed by atoms with Gasteiger partial charge in [-0.3, -0.25) is 24.5 Å². The van der Waals surface area contributed by atoms with E-state index in [0.717, 1.165) is 0 Å². The maximum atomic E-state index is 12.7. The van der Waals surface area contributed by atoms with Crippen LogP contribution in [0.5, 0.6) is 0 Å². The van der Waals surface area contributed by atoms with Gasteiger partial charge in [0.2, 0.25) is 11.0 Å². The fourth-order valence-electron chi connectivity index (χ4n) is 3.39. The van der Waals surface area contributed by atoms with E-state index in [2.05, 4.69) is 10.3 Å². The monoisotopic (exact) mass is 420 g/mol. The summed E-state index contributed by atoms with van der Waals surface area (Å²) >= 11 is 4.83. The number of nitrogens with two attached hydrogens (primary N) is 1. The van der Waals surface area contributed by atoms with Crippen molar-refractivity contribution in [3.8, 4) is 0 Å². The van der Waals surface area contributed by atoms with Gasteiger partial charge in [0.25, 0.3) is 11.5 Å². The minimum Gasteiger partial charge on any atom is -0.422 e. The summed E-state index contributed by atoms with van der Waals surface area (Å²) in [5.74, 6) is -9.03. The molecule has 1 aromatic carbocycles. The number of nitro groups is 1. The maximum Gasteiger partial charge on any atom is 0.324 e. The molecule has 0 saturated carbocycles. The lowest BCUT2D eigenvalue weighted by Crippen LogP contribution is -2.55. The number of nitrogens with zero attached hydrogens (tertiary/aromatic N) is 2. The highest BCUT2D eigenvalue weighted by Crippen LogP contribution is 2.42. The van der Waals surface area contributed by atoms with E-state index in [1.165, 1.54) is 38.1 Å². The van der Waals surface area contributed by atoms with Gasteiger partial charge in [-0.15, -0.1) is 0 Å². The Morgan fingerprint density at radius 1 is 1.21 bits per heavy atom. The molecule has 3 rings (SSSR count). The molecule has 1 fully saturated rings. The first-order chi connectivity index (χ1) is 13.5. The number of ether oxygens (including phenoxy) is 2. The van der Waals surface area contributed by atoms with Crippen LogP contribution < -0.4 is 11.1 Å². The third-order valence-electron chi connectivity index (χ3n) is 4.47. The number of nitrogens with one attached hydrogen (secondary N) is 1.